The summed E-state index contributed by atoms with van der Waals surface area (Å²) in [6, 6.07) is 6.59. The zero-order valence-corrected chi connectivity index (χ0v) is 24.9. The molecule has 2 aliphatic heterocycles. The summed E-state index contributed by atoms with van der Waals surface area (Å²) < 4.78 is 37.6. The number of anilines is 1. The molecule has 1 saturated heterocycles. The summed E-state index contributed by atoms with van der Waals surface area (Å²) in [7, 11) is -4.15. The first-order valence-corrected chi connectivity index (χ1v) is 16.7. The van der Waals surface area contributed by atoms with Crippen LogP contribution in [0.4, 0.5) is 5.82 Å². The summed E-state index contributed by atoms with van der Waals surface area (Å²) in [6.07, 6.45) is 12.9. The van der Waals surface area contributed by atoms with E-state index in [0.717, 1.165) is 38.1 Å². The van der Waals surface area contributed by atoms with Gasteiger partial charge in [-0.2, -0.15) is 13.5 Å². The van der Waals surface area contributed by atoms with E-state index in [9.17, 15) is 13.2 Å². The first kappa shape index (κ1) is 26.2. The van der Waals surface area contributed by atoms with Gasteiger partial charge in [0.05, 0.1) is 12.2 Å². The fourth-order valence-electron chi connectivity index (χ4n) is 8.43. The van der Waals surface area contributed by atoms with E-state index in [1.54, 1.807) is 27.7 Å². The number of aryl methyl sites for hydroxylation is 1. The molecule has 4 fully saturated rings. The van der Waals surface area contributed by atoms with Gasteiger partial charge in [0.2, 0.25) is 5.88 Å². The third-order valence-corrected chi connectivity index (χ3v) is 11.9. The minimum Gasteiger partial charge on any atom is -0.477 e. The Labute approximate surface area is 245 Å². The second kappa shape index (κ2) is 8.81. The number of nitrogens with zero attached hydrogens (tertiary/aromatic N) is 6. The second-order valence-electron chi connectivity index (χ2n) is 13.6. The first-order chi connectivity index (χ1) is 20.1. The topological polar surface area (TPSA) is 124 Å². The Morgan fingerprint density at radius 1 is 1.05 bits per heavy atom. The highest BCUT2D eigenvalue weighted by atomic mass is 32.2. The lowest BCUT2D eigenvalue weighted by molar-refractivity contribution is 0.0981. The maximum absolute atomic E-state index is 13.5. The molecule has 3 aliphatic carbocycles. The lowest BCUT2D eigenvalue weighted by Crippen LogP contribution is -2.41. The lowest BCUT2D eigenvalue weighted by atomic mass is 9.93. The van der Waals surface area contributed by atoms with Crippen LogP contribution in [0.3, 0.4) is 0 Å². The SMILES string of the molecule is CC1(C)C[C@H]2CCCn3ccc(n3)S(=O)(=O)NC(=O)c3ccc(-n4ccc(OCCC5C6(CC6)C56CC6)n4)nc3N1C2. The van der Waals surface area contributed by atoms with Crippen LogP contribution in [0.25, 0.3) is 5.82 Å². The van der Waals surface area contributed by atoms with Crippen molar-refractivity contribution < 1.29 is 17.9 Å². The molecule has 0 radical (unpaired) electrons. The highest BCUT2D eigenvalue weighted by molar-refractivity contribution is 7.90. The Hall–Kier alpha value is -3.41. The van der Waals surface area contributed by atoms with Crippen molar-refractivity contribution in [2.75, 3.05) is 18.1 Å². The Morgan fingerprint density at radius 2 is 1.83 bits per heavy atom. The van der Waals surface area contributed by atoms with Crippen molar-refractivity contribution in [2.45, 2.75) is 82.3 Å². The van der Waals surface area contributed by atoms with Crippen LogP contribution in [0.1, 0.15) is 75.6 Å². The Morgan fingerprint density at radius 3 is 2.60 bits per heavy atom. The van der Waals surface area contributed by atoms with Crippen molar-refractivity contribution in [3.05, 3.63) is 42.2 Å². The fraction of sp³-hybridized carbons (Fsp3) is 0.600. The van der Waals surface area contributed by atoms with Crippen molar-refractivity contribution >= 4 is 21.7 Å². The van der Waals surface area contributed by atoms with E-state index in [4.69, 9.17) is 9.72 Å². The van der Waals surface area contributed by atoms with Crippen LogP contribution < -0.4 is 14.4 Å². The normalized spacial score (nSPS) is 26.0. The zero-order valence-electron chi connectivity index (χ0n) is 24.1. The van der Waals surface area contributed by atoms with Gasteiger partial charge < -0.3 is 9.64 Å². The molecule has 1 N–H and O–H groups in total. The molecule has 4 bridgehead atoms. The summed E-state index contributed by atoms with van der Waals surface area (Å²) in [5, 5.41) is 8.66. The van der Waals surface area contributed by atoms with Crippen molar-refractivity contribution in [3.8, 4) is 11.7 Å². The number of sulfonamides is 1. The molecule has 11 nitrogen and oxygen atoms in total. The predicted octanol–water partition coefficient (Wildman–Crippen LogP) is 3.94. The van der Waals surface area contributed by atoms with Gasteiger partial charge in [0.15, 0.2) is 10.8 Å². The molecule has 5 heterocycles. The molecule has 3 aromatic heterocycles. The Kier molecular flexibility index (Phi) is 5.50. The number of rotatable bonds is 5. The van der Waals surface area contributed by atoms with Gasteiger partial charge in [-0.05, 0) is 106 Å². The van der Waals surface area contributed by atoms with E-state index >= 15 is 0 Å². The van der Waals surface area contributed by atoms with Crippen LogP contribution in [-0.4, -0.2) is 57.6 Å². The summed E-state index contributed by atoms with van der Waals surface area (Å²) in [6.45, 7) is 6.30. The molecule has 1 amide bonds. The molecule has 12 heteroatoms. The molecule has 1 atom stereocenters. The van der Waals surface area contributed by atoms with Crippen LogP contribution in [0, 0.1) is 22.7 Å². The average Bonchev–Trinajstić information content (AvgIpc) is 3.85. The number of carbonyl (C=O) groups excluding carboxylic acids is 1. The van der Waals surface area contributed by atoms with Crippen molar-refractivity contribution in [1.82, 2.24) is 29.3 Å². The van der Waals surface area contributed by atoms with Gasteiger partial charge in [-0.25, -0.2) is 14.4 Å². The summed E-state index contributed by atoms with van der Waals surface area (Å²) in [4.78, 5) is 20.6. The second-order valence-corrected chi connectivity index (χ2v) is 15.3. The van der Waals surface area contributed by atoms with Crippen LogP contribution in [0.2, 0.25) is 0 Å². The van der Waals surface area contributed by atoms with Crippen LogP contribution in [0.5, 0.6) is 5.88 Å². The number of fused-ring (bicyclic) bond motifs is 7. The van der Waals surface area contributed by atoms with E-state index in [-0.39, 0.29) is 16.1 Å². The summed E-state index contributed by atoms with van der Waals surface area (Å²) >= 11 is 0. The largest absolute Gasteiger partial charge is 0.477 e. The molecule has 3 saturated carbocycles. The van der Waals surface area contributed by atoms with Gasteiger partial charge in [-0.1, -0.05) is 0 Å². The molecule has 5 aliphatic rings. The third-order valence-electron chi connectivity index (χ3n) is 10.7. The molecule has 222 valence electrons. The maximum atomic E-state index is 13.5. The molecule has 0 unspecified atom stereocenters. The number of amides is 1. The summed E-state index contributed by atoms with van der Waals surface area (Å²) in [5.74, 6) is 2.04. The molecule has 0 aromatic carbocycles. The third kappa shape index (κ3) is 4.08. The standard InChI is InChI=1S/C30H37N7O4S/c1-28(2)18-20-4-3-14-35-15-8-25(33-35)42(39,40)34-27(38)21-5-6-23(31-26(21)36(28)19-20)37-16-7-24(32-37)41-17-9-22-29(10-11-29)30(22)12-13-30/h5-8,15-16,20,22H,3-4,9-14,17-19H2,1-2H3,(H,34,38)/t20-/m1/s1. The number of hydrogen-bond acceptors (Lipinski definition) is 8. The minimum absolute atomic E-state index is 0.173. The minimum atomic E-state index is -4.15. The van der Waals surface area contributed by atoms with Gasteiger partial charge in [-0.15, -0.1) is 5.10 Å². The number of nitrogens with one attached hydrogen (secondary N) is 1. The van der Waals surface area contributed by atoms with Gasteiger partial charge in [-0.3, -0.25) is 9.48 Å². The van der Waals surface area contributed by atoms with E-state index in [0.29, 0.717) is 47.4 Å². The number of carbonyl (C=O) groups is 1. The Bertz CT molecular complexity index is 1670. The van der Waals surface area contributed by atoms with Crippen LogP contribution in [0.15, 0.2) is 41.7 Å². The van der Waals surface area contributed by atoms with Gasteiger partial charge in [0.25, 0.3) is 15.9 Å². The quantitative estimate of drug-likeness (QED) is 0.473. The molecule has 3 aromatic rings. The maximum Gasteiger partial charge on any atom is 0.283 e. The van der Waals surface area contributed by atoms with E-state index in [1.807, 2.05) is 12.3 Å². The van der Waals surface area contributed by atoms with E-state index < -0.39 is 15.9 Å². The van der Waals surface area contributed by atoms with Crippen molar-refractivity contribution in [1.29, 1.82) is 0 Å². The van der Waals surface area contributed by atoms with Crippen LogP contribution >= 0.6 is 0 Å². The highest BCUT2D eigenvalue weighted by Gasteiger charge is 2.85. The fourth-order valence-corrected chi connectivity index (χ4v) is 9.34. The zero-order chi connectivity index (χ0) is 28.9. The van der Waals surface area contributed by atoms with E-state index in [1.165, 1.54) is 31.7 Å². The first-order valence-electron chi connectivity index (χ1n) is 15.2. The van der Waals surface area contributed by atoms with Crippen molar-refractivity contribution in [2.24, 2.45) is 22.7 Å². The molecule has 42 heavy (non-hydrogen) atoms. The number of aromatic nitrogens is 5. The average molecular weight is 592 g/mol. The number of hydrogen-bond donors (Lipinski definition) is 1. The highest BCUT2D eigenvalue weighted by Crippen LogP contribution is 2.93. The number of pyridine rings is 1. The van der Waals surface area contributed by atoms with E-state index in [2.05, 4.69) is 33.7 Å². The lowest BCUT2D eigenvalue weighted by Gasteiger charge is -2.34. The van der Waals surface area contributed by atoms with Gasteiger partial charge in [0.1, 0.15) is 5.82 Å². The predicted molar refractivity (Wildman–Crippen MR) is 154 cm³/mol. The van der Waals surface area contributed by atoms with Gasteiger partial charge >= 0.3 is 0 Å². The monoisotopic (exact) mass is 591 g/mol. The van der Waals surface area contributed by atoms with Gasteiger partial charge in [0, 0.05) is 37.1 Å². The van der Waals surface area contributed by atoms with Crippen molar-refractivity contribution in [3.63, 3.8) is 0 Å². The van der Waals surface area contributed by atoms with Crippen LogP contribution in [-0.2, 0) is 16.6 Å². The molecule has 8 rings (SSSR count). The molecule has 2 spiro atoms. The number of ether oxygens (including phenoxy) is 1. The molecular formula is C30H37N7O4S. The smallest absolute Gasteiger partial charge is 0.283 e. The molecular weight excluding hydrogens is 554 g/mol. The summed E-state index contributed by atoms with van der Waals surface area (Å²) in [5.41, 5.74) is 1.26. The Balaban J connectivity index is 1.07.